The Bertz CT molecular complexity index is 332. The molecule has 1 aromatic rings. The molecule has 0 saturated carbocycles. The third-order valence-electron chi connectivity index (χ3n) is 3.27. The molecule has 0 bridgehead atoms. The van der Waals surface area contributed by atoms with Gasteiger partial charge in [0.15, 0.2) is 0 Å². The van der Waals surface area contributed by atoms with Crippen LogP contribution < -0.4 is 5.32 Å². The van der Waals surface area contributed by atoms with Crippen molar-refractivity contribution in [2.24, 2.45) is 5.92 Å². The van der Waals surface area contributed by atoms with Crippen LogP contribution >= 0.6 is 11.8 Å². The lowest BCUT2D eigenvalue weighted by Crippen LogP contribution is -2.22. The maximum Gasteiger partial charge on any atom is 0.0320 e. The first-order valence-electron chi connectivity index (χ1n) is 7.63. The van der Waals surface area contributed by atoms with Gasteiger partial charge in [0.05, 0.1) is 0 Å². The smallest absolute Gasteiger partial charge is 0.0320 e. The first-order valence-corrected chi connectivity index (χ1v) is 8.62. The zero-order valence-electron chi connectivity index (χ0n) is 12.9. The van der Waals surface area contributed by atoms with Crippen LogP contribution in [-0.2, 0) is 0 Å². The number of hydrogen-bond donors (Lipinski definition) is 1. The minimum absolute atomic E-state index is 0.517. The van der Waals surface area contributed by atoms with Crippen molar-refractivity contribution in [3.63, 3.8) is 0 Å². The van der Waals surface area contributed by atoms with Gasteiger partial charge in [-0.25, -0.2) is 0 Å². The molecule has 0 saturated heterocycles. The van der Waals surface area contributed by atoms with Gasteiger partial charge >= 0.3 is 0 Å². The first kappa shape index (κ1) is 16.6. The molecule has 0 aliphatic heterocycles. The van der Waals surface area contributed by atoms with E-state index in [0.717, 1.165) is 18.2 Å². The summed E-state index contributed by atoms with van der Waals surface area (Å²) in [6.45, 7) is 10.1. The highest BCUT2D eigenvalue weighted by Gasteiger charge is 2.11. The molecule has 0 aromatic heterocycles. The molecule has 0 fully saturated rings. The third-order valence-corrected chi connectivity index (χ3v) is 4.16. The van der Waals surface area contributed by atoms with Crippen molar-refractivity contribution in [3.05, 3.63) is 29.8 Å². The monoisotopic (exact) mass is 279 g/mol. The third kappa shape index (κ3) is 6.49. The van der Waals surface area contributed by atoms with Crippen molar-refractivity contribution < 1.29 is 0 Å². The van der Waals surface area contributed by atoms with Crippen molar-refractivity contribution in [2.45, 2.75) is 57.9 Å². The van der Waals surface area contributed by atoms with E-state index in [1.54, 1.807) is 0 Å². The van der Waals surface area contributed by atoms with E-state index < -0.39 is 0 Å². The Balaban J connectivity index is 2.66. The van der Waals surface area contributed by atoms with Crippen LogP contribution in [0.1, 0.15) is 58.6 Å². The molecular formula is C17H29NS. The Hall–Kier alpha value is -0.470. The Labute approximate surface area is 123 Å². The van der Waals surface area contributed by atoms with Crippen molar-refractivity contribution in [1.29, 1.82) is 0 Å². The van der Waals surface area contributed by atoms with E-state index >= 15 is 0 Å². The van der Waals surface area contributed by atoms with Gasteiger partial charge in [-0.05, 0) is 55.2 Å². The lowest BCUT2D eigenvalue weighted by atomic mass is 9.97. The summed E-state index contributed by atoms with van der Waals surface area (Å²) < 4.78 is 0. The predicted octanol–water partition coefficient (Wildman–Crippen LogP) is 5.28. The highest BCUT2D eigenvalue weighted by Crippen LogP contribution is 2.24. The van der Waals surface area contributed by atoms with E-state index in [1.807, 2.05) is 11.8 Å². The zero-order chi connectivity index (χ0) is 14.1. The fourth-order valence-corrected chi connectivity index (χ4v) is 2.83. The van der Waals surface area contributed by atoms with Gasteiger partial charge in [0.25, 0.3) is 0 Å². The highest BCUT2D eigenvalue weighted by molar-refractivity contribution is 7.99. The quantitative estimate of drug-likeness (QED) is 0.618. The minimum Gasteiger partial charge on any atom is -0.310 e. The second-order valence-corrected chi connectivity index (χ2v) is 6.82. The fourth-order valence-electron chi connectivity index (χ4n) is 2.17. The van der Waals surface area contributed by atoms with E-state index in [9.17, 15) is 0 Å². The van der Waals surface area contributed by atoms with E-state index in [1.165, 1.54) is 29.7 Å². The molecule has 0 aliphatic rings. The molecule has 0 heterocycles. The first-order chi connectivity index (χ1) is 9.17. The lowest BCUT2D eigenvalue weighted by molar-refractivity contribution is 0.440. The standard InChI is InChI=1S/C17H29NS/c1-5-13-18-17(12-7-14(3)4)15-8-10-16(11-9-15)19-6-2/h8-11,14,17-18H,5-7,12-13H2,1-4H3. The summed E-state index contributed by atoms with van der Waals surface area (Å²) in [4.78, 5) is 1.38. The molecular weight excluding hydrogens is 250 g/mol. The summed E-state index contributed by atoms with van der Waals surface area (Å²) in [6.07, 6.45) is 3.72. The molecule has 1 rings (SSSR count). The van der Waals surface area contributed by atoms with E-state index in [4.69, 9.17) is 0 Å². The Morgan fingerprint density at radius 3 is 2.26 bits per heavy atom. The van der Waals surface area contributed by atoms with Crippen LogP contribution in [0.3, 0.4) is 0 Å². The van der Waals surface area contributed by atoms with E-state index in [0.29, 0.717) is 6.04 Å². The summed E-state index contributed by atoms with van der Waals surface area (Å²) in [6, 6.07) is 9.64. The Morgan fingerprint density at radius 2 is 1.74 bits per heavy atom. The van der Waals surface area contributed by atoms with Gasteiger partial charge in [-0.3, -0.25) is 0 Å². The topological polar surface area (TPSA) is 12.0 Å². The molecule has 1 N–H and O–H groups in total. The normalized spacial score (nSPS) is 12.9. The van der Waals surface area contributed by atoms with Crippen LogP contribution in [-0.4, -0.2) is 12.3 Å². The summed E-state index contributed by atoms with van der Waals surface area (Å²) in [7, 11) is 0. The molecule has 1 nitrogen and oxygen atoms in total. The van der Waals surface area contributed by atoms with Crippen LogP contribution in [0.2, 0.25) is 0 Å². The Morgan fingerprint density at radius 1 is 1.05 bits per heavy atom. The lowest BCUT2D eigenvalue weighted by Gasteiger charge is -2.20. The molecule has 19 heavy (non-hydrogen) atoms. The molecule has 108 valence electrons. The molecule has 0 radical (unpaired) electrons. The van der Waals surface area contributed by atoms with Gasteiger partial charge in [0.2, 0.25) is 0 Å². The maximum absolute atomic E-state index is 3.69. The molecule has 2 heteroatoms. The molecule has 1 aromatic carbocycles. The van der Waals surface area contributed by atoms with Crippen molar-refractivity contribution >= 4 is 11.8 Å². The van der Waals surface area contributed by atoms with Gasteiger partial charge in [0, 0.05) is 10.9 Å². The molecule has 1 atom stereocenters. The predicted molar refractivity (Wildman–Crippen MR) is 87.9 cm³/mol. The van der Waals surface area contributed by atoms with Gasteiger partial charge in [-0.2, -0.15) is 0 Å². The second-order valence-electron chi connectivity index (χ2n) is 5.48. The molecule has 0 amide bonds. The van der Waals surface area contributed by atoms with Crippen LogP contribution in [0, 0.1) is 5.92 Å². The average molecular weight is 279 g/mol. The average Bonchev–Trinajstić information content (AvgIpc) is 2.40. The summed E-state index contributed by atoms with van der Waals surface area (Å²) in [5.41, 5.74) is 1.44. The molecule has 1 unspecified atom stereocenters. The highest BCUT2D eigenvalue weighted by atomic mass is 32.2. The van der Waals surface area contributed by atoms with Crippen LogP contribution in [0.5, 0.6) is 0 Å². The Kier molecular flexibility index (Phi) is 8.24. The van der Waals surface area contributed by atoms with Crippen molar-refractivity contribution in [3.8, 4) is 0 Å². The number of thioether (sulfide) groups is 1. The van der Waals surface area contributed by atoms with Crippen molar-refractivity contribution in [2.75, 3.05) is 12.3 Å². The van der Waals surface area contributed by atoms with E-state index in [-0.39, 0.29) is 0 Å². The summed E-state index contributed by atoms with van der Waals surface area (Å²) in [5, 5.41) is 3.69. The minimum atomic E-state index is 0.517. The fraction of sp³-hybridized carbons (Fsp3) is 0.647. The van der Waals surface area contributed by atoms with Gasteiger partial charge in [0.1, 0.15) is 0 Å². The number of benzene rings is 1. The SMILES string of the molecule is CCCNC(CCC(C)C)c1ccc(SCC)cc1. The van der Waals surface area contributed by atoms with Gasteiger partial charge in [-0.1, -0.05) is 39.8 Å². The largest absolute Gasteiger partial charge is 0.310 e. The van der Waals surface area contributed by atoms with Gasteiger partial charge in [-0.15, -0.1) is 11.8 Å². The zero-order valence-corrected chi connectivity index (χ0v) is 13.7. The maximum atomic E-state index is 3.69. The van der Waals surface area contributed by atoms with E-state index in [2.05, 4.69) is 57.3 Å². The van der Waals surface area contributed by atoms with Crippen LogP contribution in [0.25, 0.3) is 0 Å². The second kappa shape index (κ2) is 9.44. The number of hydrogen-bond acceptors (Lipinski definition) is 2. The molecule has 0 aliphatic carbocycles. The summed E-state index contributed by atoms with van der Waals surface area (Å²) in [5.74, 6) is 1.92. The number of rotatable bonds is 9. The molecule has 0 spiro atoms. The summed E-state index contributed by atoms with van der Waals surface area (Å²) >= 11 is 1.91. The van der Waals surface area contributed by atoms with Crippen LogP contribution in [0.15, 0.2) is 29.2 Å². The van der Waals surface area contributed by atoms with Gasteiger partial charge < -0.3 is 5.32 Å². The number of nitrogens with one attached hydrogen (secondary N) is 1. The van der Waals surface area contributed by atoms with Crippen LogP contribution in [0.4, 0.5) is 0 Å². The van der Waals surface area contributed by atoms with Crippen molar-refractivity contribution in [1.82, 2.24) is 5.32 Å².